The van der Waals surface area contributed by atoms with Gasteiger partial charge in [-0.25, -0.2) is 0 Å². The van der Waals surface area contributed by atoms with Crippen LogP contribution < -0.4 is 0 Å². The summed E-state index contributed by atoms with van der Waals surface area (Å²) >= 11 is 0. The summed E-state index contributed by atoms with van der Waals surface area (Å²) in [4.78, 5) is 95.9. The summed E-state index contributed by atoms with van der Waals surface area (Å²) in [5, 5.41) is 0. The molecule has 0 aromatic heterocycles. The van der Waals surface area contributed by atoms with Crippen molar-refractivity contribution in [1.29, 1.82) is 0 Å². The summed E-state index contributed by atoms with van der Waals surface area (Å²) in [7, 11) is 0. The Hall–Kier alpha value is -4.36. The van der Waals surface area contributed by atoms with E-state index in [-0.39, 0.29) is 0 Å². The van der Waals surface area contributed by atoms with Gasteiger partial charge in [0.05, 0.1) is 6.61 Å². The molecule has 2 fully saturated rings. The van der Waals surface area contributed by atoms with E-state index in [0.717, 1.165) is 55.4 Å². The monoisotopic (exact) mass is 678 g/mol. The first-order valence-electron chi connectivity index (χ1n) is 14.2. The summed E-state index contributed by atoms with van der Waals surface area (Å²) in [5.74, 6) is -6.93. The lowest BCUT2D eigenvalue weighted by atomic mass is 9.97. The van der Waals surface area contributed by atoms with Crippen molar-refractivity contribution in [1.82, 2.24) is 0 Å². The van der Waals surface area contributed by atoms with E-state index in [0.29, 0.717) is 0 Å². The van der Waals surface area contributed by atoms with E-state index in [4.69, 9.17) is 52.1 Å². The van der Waals surface area contributed by atoms with Crippen molar-refractivity contribution in [3.05, 3.63) is 0 Å². The molecular weight excluding hydrogens is 640 g/mol. The lowest BCUT2D eigenvalue weighted by molar-refractivity contribution is -0.331. The van der Waals surface area contributed by atoms with Crippen LogP contribution in [0, 0.1) is 0 Å². The molecule has 0 bridgehead atoms. The minimum atomic E-state index is -1.71. The maximum atomic E-state index is 12.1. The number of hydrogen-bond donors (Lipinski definition) is 0. The topological polar surface area (TPSA) is 238 Å². The lowest BCUT2D eigenvalue weighted by Crippen LogP contribution is -2.65. The van der Waals surface area contributed by atoms with Crippen molar-refractivity contribution >= 4 is 47.8 Å². The number of ether oxygens (including phenoxy) is 11. The third-order valence-corrected chi connectivity index (χ3v) is 6.15. The van der Waals surface area contributed by atoms with Crippen LogP contribution in [0.3, 0.4) is 0 Å². The Balaban J connectivity index is 2.56. The van der Waals surface area contributed by atoms with Gasteiger partial charge in [0, 0.05) is 55.4 Å². The standard InChI is InChI=1S/C28H38O19/c1-11(29)37-9-19-21(39-12(2)30)23(41-14(4)32)25(43-16(6)34)27(46-19)38-10-20-22(40-13(3)31)24(42-15(5)33)26(44-17(7)35)28(47-20)45-18(8)36/h19-28H,9-10H2,1-8H3/t19-,20-,21+,22+,23-,24-,25+,26+,27-,28+/m0/s1. The van der Waals surface area contributed by atoms with Crippen molar-refractivity contribution in [2.24, 2.45) is 0 Å². The van der Waals surface area contributed by atoms with E-state index < -0.39 is 122 Å². The number of hydrogen-bond acceptors (Lipinski definition) is 19. The minimum absolute atomic E-state index is 0.541. The number of rotatable bonds is 12. The average molecular weight is 679 g/mol. The zero-order valence-electron chi connectivity index (χ0n) is 26.9. The Morgan fingerprint density at radius 2 is 0.702 bits per heavy atom. The minimum Gasteiger partial charge on any atom is -0.463 e. The van der Waals surface area contributed by atoms with Crippen molar-refractivity contribution in [2.75, 3.05) is 13.2 Å². The van der Waals surface area contributed by atoms with E-state index in [1.54, 1.807) is 0 Å². The molecule has 2 heterocycles. The van der Waals surface area contributed by atoms with Crippen LogP contribution in [0.4, 0.5) is 0 Å². The highest BCUT2D eigenvalue weighted by atomic mass is 16.8. The maximum Gasteiger partial charge on any atom is 0.305 e. The molecular formula is C28H38O19. The Morgan fingerprint density at radius 3 is 1.09 bits per heavy atom. The summed E-state index contributed by atoms with van der Waals surface area (Å²) in [6, 6.07) is 0. The molecule has 2 rings (SSSR count). The Kier molecular flexibility index (Phi) is 14.5. The van der Waals surface area contributed by atoms with Crippen LogP contribution in [0.5, 0.6) is 0 Å². The maximum absolute atomic E-state index is 12.1. The lowest BCUT2D eigenvalue weighted by Gasteiger charge is -2.46. The van der Waals surface area contributed by atoms with Crippen molar-refractivity contribution < 1.29 is 90.5 Å². The molecule has 47 heavy (non-hydrogen) atoms. The first-order valence-corrected chi connectivity index (χ1v) is 14.2. The Morgan fingerprint density at radius 1 is 0.383 bits per heavy atom. The van der Waals surface area contributed by atoms with Gasteiger partial charge in [0.15, 0.2) is 36.8 Å². The van der Waals surface area contributed by atoms with Crippen LogP contribution in [-0.2, 0) is 90.5 Å². The third kappa shape index (κ3) is 12.1. The second-order valence-electron chi connectivity index (χ2n) is 10.3. The van der Waals surface area contributed by atoms with E-state index in [1.807, 2.05) is 0 Å². The fraction of sp³-hybridized carbons (Fsp3) is 0.714. The van der Waals surface area contributed by atoms with Crippen molar-refractivity contribution in [2.45, 2.75) is 117 Å². The molecule has 0 radical (unpaired) electrons. The first-order chi connectivity index (χ1) is 21.9. The zero-order chi connectivity index (χ0) is 35.6. The van der Waals surface area contributed by atoms with Crippen molar-refractivity contribution in [3.63, 3.8) is 0 Å². The van der Waals surface area contributed by atoms with Gasteiger partial charge in [-0.3, -0.25) is 38.4 Å². The second kappa shape index (κ2) is 17.5. The highest BCUT2D eigenvalue weighted by Gasteiger charge is 2.56. The molecule has 0 unspecified atom stereocenters. The smallest absolute Gasteiger partial charge is 0.305 e. The Bertz CT molecular complexity index is 1200. The molecule has 2 aliphatic rings. The van der Waals surface area contributed by atoms with Crippen LogP contribution in [0.15, 0.2) is 0 Å². The molecule has 10 atom stereocenters. The molecule has 0 spiro atoms. The van der Waals surface area contributed by atoms with Gasteiger partial charge in [0.2, 0.25) is 12.4 Å². The van der Waals surface area contributed by atoms with Gasteiger partial charge < -0.3 is 52.1 Å². The van der Waals surface area contributed by atoms with Crippen LogP contribution in [-0.4, -0.2) is 122 Å². The van der Waals surface area contributed by atoms with E-state index in [9.17, 15) is 38.4 Å². The van der Waals surface area contributed by atoms with Gasteiger partial charge in [0.1, 0.15) is 18.8 Å². The molecule has 19 heteroatoms. The van der Waals surface area contributed by atoms with Crippen LogP contribution in [0.25, 0.3) is 0 Å². The van der Waals surface area contributed by atoms with Gasteiger partial charge in [-0.05, 0) is 0 Å². The third-order valence-electron chi connectivity index (χ3n) is 6.15. The summed E-state index contributed by atoms with van der Waals surface area (Å²) < 4.78 is 59.8. The Labute approximate surface area is 268 Å². The SMILES string of the molecule is CC(=O)OC[C@@H]1O[C@H](OC[C@@H]2O[C@@H](OC(C)=O)[C@H](OC(C)=O)[C@@H](OC(C)=O)[C@@H]2OC(C)=O)[C@H](OC(C)=O)[C@@H](OC(C)=O)[C@@H]1OC(C)=O. The quantitative estimate of drug-likeness (QED) is 0.181. The normalized spacial score (nSPS) is 30.0. The van der Waals surface area contributed by atoms with Crippen LogP contribution in [0.2, 0.25) is 0 Å². The van der Waals surface area contributed by atoms with Crippen LogP contribution >= 0.6 is 0 Å². The molecule has 2 aliphatic heterocycles. The van der Waals surface area contributed by atoms with Gasteiger partial charge >= 0.3 is 47.8 Å². The summed E-state index contributed by atoms with van der Waals surface area (Å²) in [6.07, 6.45) is -15.6. The second-order valence-corrected chi connectivity index (χ2v) is 10.3. The molecule has 0 aliphatic carbocycles. The van der Waals surface area contributed by atoms with Gasteiger partial charge in [0.25, 0.3) is 0 Å². The molecule has 2 saturated heterocycles. The summed E-state index contributed by atoms with van der Waals surface area (Å²) in [6.45, 7) is 7.09. The number of carbonyl (C=O) groups excluding carboxylic acids is 8. The van der Waals surface area contributed by atoms with E-state index in [2.05, 4.69) is 0 Å². The van der Waals surface area contributed by atoms with Crippen molar-refractivity contribution in [3.8, 4) is 0 Å². The van der Waals surface area contributed by atoms with E-state index >= 15 is 0 Å². The van der Waals surface area contributed by atoms with Crippen LogP contribution in [0.1, 0.15) is 55.4 Å². The van der Waals surface area contributed by atoms with Gasteiger partial charge in [-0.1, -0.05) is 0 Å². The molecule has 0 amide bonds. The summed E-state index contributed by atoms with van der Waals surface area (Å²) in [5.41, 5.74) is 0. The zero-order valence-corrected chi connectivity index (χ0v) is 26.9. The molecule has 0 N–H and O–H groups in total. The fourth-order valence-electron chi connectivity index (χ4n) is 4.76. The highest BCUT2D eigenvalue weighted by molar-refractivity contribution is 5.70. The van der Waals surface area contributed by atoms with Gasteiger partial charge in [-0.2, -0.15) is 0 Å². The number of carbonyl (C=O) groups is 8. The van der Waals surface area contributed by atoms with E-state index in [1.165, 1.54) is 0 Å². The predicted octanol–water partition coefficient (Wildman–Crippen LogP) is -0.831. The average Bonchev–Trinajstić information content (AvgIpc) is 2.91. The molecule has 0 aromatic rings. The molecule has 264 valence electrons. The molecule has 0 aromatic carbocycles. The highest BCUT2D eigenvalue weighted by Crippen LogP contribution is 2.33. The largest absolute Gasteiger partial charge is 0.463 e. The fourth-order valence-corrected chi connectivity index (χ4v) is 4.76. The first kappa shape index (κ1) is 38.8. The molecule has 19 nitrogen and oxygen atoms in total. The molecule has 0 saturated carbocycles. The van der Waals surface area contributed by atoms with Gasteiger partial charge in [-0.15, -0.1) is 0 Å². The number of esters is 8. The predicted molar refractivity (Wildman–Crippen MR) is 145 cm³/mol.